The SMILES string of the molecule is NCCn1c(=O)ccn(Cc2nccs2)c1=O. The molecule has 0 radical (unpaired) electrons. The van der Waals surface area contributed by atoms with Gasteiger partial charge in [0.15, 0.2) is 0 Å². The number of thiazole rings is 1. The van der Waals surface area contributed by atoms with Crippen molar-refractivity contribution in [2.24, 2.45) is 5.73 Å². The molecule has 0 saturated carbocycles. The molecule has 0 aromatic carbocycles. The van der Waals surface area contributed by atoms with Gasteiger partial charge in [-0.25, -0.2) is 9.78 Å². The lowest BCUT2D eigenvalue weighted by Crippen LogP contribution is -2.40. The van der Waals surface area contributed by atoms with Gasteiger partial charge in [0.2, 0.25) is 0 Å². The van der Waals surface area contributed by atoms with Crippen LogP contribution in [0.25, 0.3) is 0 Å². The maximum atomic E-state index is 12.0. The van der Waals surface area contributed by atoms with Crippen molar-refractivity contribution in [3.05, 3.63) is 49.7 Å². The van der Waals surface area contributed by atoms with E-state index in [-0.39, 0.29) is 24.3 Å². The van der Waals surface area contributed by atoms with Crippen LogP contribution in [0.3, 0.4) is 0 Å². The molecule has 2 aromatic rings. The van der Waals surface area contributed by atoms with E-state index in [1.165, 1.54) is 28.2 Å². The van der Waals surface area contributed by atoms with Crippen molar-refractivity contribution >= 4 is 11.3 Å². The fourth-order valence-corrected chi connectivity index (χ4v) is 2.10. The van der Waals surface area contributed by atoms with Crippen LogP contribution in [0.5, 0.6) is 0 Å². The summed E-state index contributed by atoms with van der Waals surface area (Å²) < 4.78 is 2.59. The zero-order valence-electron chi connectivity index (χ0n) is 9.07. The molecule has 17 heavy (non-hydrogen) atoms. The Morgan fingerprint density at radius 1 is 1.41 bits per heavy atom. The van der Waals surface area contributed by atoms with Gasteiger partial charge in [0.05, 0.1) is 6.54 Å². The molecule has 90 valence electrons. The standard InChI is InChI=1S/C10H12N4O2S/c11-2-5-14-9(15)1-4-13(10(14)16)7-8-12-3-6-17-8/h1,3-4,6H,2,5,7,11H2. The summed E-state index contributed by atoms with van der Waals surface area (Å²) in [6.45, 7) is 0.869. The molecule has 0 aliphatic heterocycles. The summed E-state index contributed by atoms with van der Waals surface area (Å²) in [5.41, 5.74) is 4.69. The number of hydrogen-bond acceptors (Lipinski definition) is 5. The highest BCUT2D eigenvalue weighted by molar-refractivity contribution is 7.09. The monoisotopic (exact) mass is 252 g/mol. The smallest absolute Gasteiger partial charge is 0.329 e. The number of nitrogens with zero attached hydrogens (tertiary/aromatic N) is 3. The lowest BCUT2D eigenvalue weighted by atomic mass is 10.5. The van der Waals surface area contributed by atoms with Crippen LogP contribution < -0.4 is 17.0 Å². The number of hydrogen-bond donors (Lipinski definition) is 1. The van der Waals surface area contributed by atoms with Crippen LogP contribution in [0.15, 0.2) is 33.4 Å². The van der Waals surface area contributed by atoms with E-state index in [4.69, 9.17) is 5.73 Å². The molecule has 0 fully saturated rings. The van der Waals surface area contributed by atoms with E-state index in [2.05, 4.69) is 4.98 Å². The third-order valence-electron chi connectivity index (χ3n) is 2.28. The lowest BCUT2D eigenvalue weighted by Gasteiger charge is -2.07. The van der Waals surface area contributed by atoms with Crippen LogP contribution in [-0.4, -0.2) is 20.7 Å². The van der Waals surface area contributed by atoms with Crippen LogP contribution in [-0.2, 0) is 13.1 Å². The molecule has 0 aliphatic rings. The largest absolute Gasteiger partial charge is 0.331 e. The molecule has 0 amide bonds. The zero-order valence-corrected chi connectivity index (χ0v) is 9.89. The molecule has 0 aliphatic carbocycles. The molecule has 7 heteroatoms. The van der Waals surface area contributed by atoms with Crippen LogP contribution >= 0.6 is 11.3 Å². The molecular weight excluding hydrogens is 240 g/mol. The van der Waals surface area contributed by atoms with E-state index in [0.717, 1.165) is 9.57 Å². The molecule has 2 N–H and O–H groups in total. The maximum Gasteiger partial charge on any atom is 0.331 e. The molecule has 2 aromatic heterocycles. The predicted octanol–water partition coefficient (Wildman–Crippen LogP) is -0.526. The highest BCUT2D eigenvalue weighted by Crippen LogP contribution is 2.04. The van der Waals surface area contributed by atoms with E-state index in [0.29, 0.717) is 6.54 Å². The highest BCUT2D eigenvalue weighted by Gasteiger charge is 2.05. The van der Waals surface area contributed by atoms with Crippen molar-refractivity contribution in [1.29, 1.82) is 0 Å². The third kappa shape index (κ3) is 2.51. The van der Waals surface area contributed by atoms with Gasteiger partial charge in [-0.1, -0.05) is 0 Å². The maximum absolute atomic E-state index is 12.0. The van der Waals surface area contributed by atoms with Gasteiger partial charge in [0.1, 0.15) is 5.01 Å². The summed E-state index contributed by atoms with van der Waals surface area (Å²) in [5, 5.41) is 2.67. The van der Waals surface area contributed by atoms with Crippen molar-refractivity contribution in [1.82, 2.24) is 14.1 Å². The summed E-state index contributed by atoms with van der Waals surface area (Å²) in [6, 6.07) is 1.37. The molecule has 2 rings (SSSR count). The lowest BCUT2D eigenvalue weighted by molar-refractivity contribution is 0.579. The minimum Gasteiger partial charge on any atom is -0.329 e. The van der Waals surface area contributed by atoms with Gasteiger partial charge in [-0.3, -0.25) is 13.9 Å². The molecule has 0 spiro atoms. The summed E-state index contributed by atoms with van der Waals surface area (Å²) in [4.78, 5) is 27.5. The molecule has 6 nitrogen and oxygen atoms in total. The minimum atomic E-state index is -0.349. The van der Waals surface area contributed by atoms with E-state index in [1.54, 1.807) is 6.20 Å². The number of rotatable bonds is 4. The Morgan fingerprint density at radius 3 is 2.88 bits per heavy atom. The second kappa shape index (κ2) is 5.07. The van der Waals surface area contributed by atoms with Crippen LogP contribution in [0.1, 0.15) is 5.01 Å². The fraction of sp³-hybridized carbons (Fsp3) is 0.300. The molecule has 0 bridgehead atoms. The number of nitrogens with two attached hydrogens (primary N) is 1. The van der Waals surface area contributed by atoms with Crippen molar-refractivity contribution in [3.63, 3.8) is 0 Å². The van der Waals surface area contributed by atoms with E-state index in [9.17, 15) is 9.59 Å². The average Bonchev–Trinajstić information content (AvgIpc) is 2.81. The molecule has 0 atom stereocenters. The Balaban J connectivity index is 2.39. The fourth-order valence-electron chi connectivity index (χ4n) is 1.49. The predicted molar refractivity (Wildman–Crippen MR) is 65.2 cm³/mol. The third-order valence-corrected chi connectivity index (χ3v) is 3.05. The van der Waals surface area contributed by atoms with Crippen LogP contribution in [0.2, 0.25) is 0 Å². The van der Waals surface area contributed by atoms with Gasteiger partial charge in [-0.15, -0.1) is 11.3 Å². The first-order chi connectivity index (χ1) is 8.22. The normalized spacial score (nSPS) is 10.6. The molecule has 2 heterocycles. The first-order valence-electron chi connectivity index (χ1n) is 5.11. The van der Waals surface area contributed by atoms with E-state index < -0.39 is 0 Å². The van der Waals surface area contributed by atoms with E-state index in [1.807, 2.05) is 5.38 Å². The Bertz CT molecular complexity index is 600. The molecule has 0 saturated heterocycles. The zero-order chi connectivity index (χ0) is 12.3. The average molecular weight is 252 g/mol. The van der Waals surface area contributed by atoms with E-state index >= 15 is 0 Å². The van der Waals surface area contributed by atoms with Crippen molar-refractivity contribution in [3.8, 4) is 0 Å². The Kier molecular flexibility index (Phi) is 3.50. The van der Waals surface area contributed by atoms with Gasteiger partial charge < -0.3 is 5.73 Å². The second-order valence-electron chi connectivity index (χ2n) is 3.43. The quantitative estimate of drug-likeness (QED) is 0.793. The Hall–Kier alpha value is -1.73. The number of aromatic nitrogens is 3. The minimum absolute atomic E-state index is 0.233. The topological polar surface area (TPSA) is 82.9 Å². The summed E-state index contributed by atoms with van der Waals surface area (Å²) >= 11 is 1.47. The van der Waals surface area contributed by atoms with Gasteiger partial charge >= 0.3 is 5.69 Å². The van der Waals surface area contributed by atoms with Crippen molar-refractivity contribution < 1.29 is 0 Å². The first kappa shape index (κ1) is 11.7. The van der Waals surface area contributed by atoms with Gasteiger partial charge in [-0.2, -0.15) is 0 Å². The van der Waals surface area contributed by atoms with Crippen LogP contribution in [0, 0.1) is 0 Å². The Labute approximate surface area is 101 Å². The summed E-state index contributed by atoms with van der Waals surface area (Å²) in [6.07, 6.45) is 3.17. The van der Waals surface area contributed by atoms with Gasteiger partial charge in [0, 0.05) is 36.9 Å². The van der Waals surface area contributed by atoms with Gasteiger partial charge in [-0.05, 0) is 0 Å². The second-order valence-corrected chi connectivity index (χ2v) is 4.41. The molecular formula is C10H12N4O2S. The summed E-state index contributed by atoms with van der Waals surface area (Å²) in [5.74, 6) is 0. The first-order valence-corrected chi connectivity index (χ1v) is 5.99. The highest BCUT2D eigenvalue weighted by atomic mass is 32.1. The van der Waals surface area contributed by atoms with Crippen molar-refractivity contribution in [2.75, 3.05) is 6.54 Å². The van der Waals surface area contributed by atoms with Crippen LogP contribution in [0.4, 0.5) is 0 Å². The molecule has 0 unspecified atom stereocenters. The summed E-state index contributed by atoms with van der Waals surface area (Å²) in [7, 11) is 0. The van der Waals surface area contributed by atoms with Gasteiger partial charge in [0.25, 0.3) is 5.56 Å². The Morgan fingerprint density at radius 2 is 2.24 bits per heavy atom. The van der Waals surface area contributed by atoms with Crippen molar-refractivity contribution in [2.45, 2.75) is 13.1 Å².